The van der Waals surface area contributed by atoms with Crippen molar-refractivity contribution in [3.63, 3.8) is 0 Å². The molecule has 110 valence electrons. The van der Waals surface area contributed by atoms with Gasteiger partial charge in [0.05, 0.1) is 0 Å². The molecule has 0 unspecified atom stereocenters. The number of amides is 1. The molecule has 0 radical (unpaired) electrons. The van der Waals surface area contributed by atoms with Crippen LogP contribution in [0.3, 0.4) is 0 Å². The Bertz CT molecular complexity index is 461. The predicted octanol–water partition coefficient (Wildman–Crippen LogP) is 3.25. The van der Waals surface area contributed by atoms with Crippen LogP contribution >= 0.6 is 0 Å². The van der Waals surface area contributed by atoms with E-state index in [4.69, 9.17) is 4.52 Å². The number of nitrogens with one attached hydrogen (secondary N) is 1. The fourth-order valence-corrected chi connectivity index (χ4v) is 3.51. The fourth-order valence-electron chi connectivity index (χ4n) is 3.51. The standard InChI is InChI=1S/C16H24N2O2/c19-16(17-11-10-12-6-2-1-3-7-12)15-13-8-4-5-9-14(13)20-18-15/h12H,1-11H2,(H,17,19). The summed E-state index contributed by atoms with van der Waals surface area (Å²) in [5.74, 6) is 1.68. The number of nitrogens with zero attached hydrogens (tertiary/aromatic N) is 1. The summed E-state index contributed by atoms with van der Waals surface area (Å²) < 4.78 is 5.29. The second-order valence-corrected chi connectivity index (χ2v) is 6.19. The quantitative estimate of drug-likeness (QED) is 0.918. The first-order valence-corrected chi connectivity index (χ1v) is 8.10. The molecule has 1 aromatic heterocycles. The highest BCUT2D eigenvalue weighted by Crippen LogP contribution is 2.26. The Balaban J connectivity index is 1.50. The molecule has 0 aliphatic heterocycles. The molecule has 0 atom stereocenters. The maximum Gasteiger partial charge on any atom is 0.273 e. The number of hydrogen-bond donors (Lipinski definition) is 1. The molecular formula is C16H24N2O2. The summed E-state index contributed by atoms with van der Waals surface area (Å²) in [6.07, 6.45) is 12.0. The lowest BCUT2D eigenvalue weighted by Crippen LogP contribution is -2.27. The van der Waals surface area contributed by atoms with Crippen LogP contribution in [-0.2, 0) is 12.8 Å². The van der Waals surface area contributed by atoms with E-state index < -0.39 is 0 Å². The van der Waals surface area contributed by atoms with Gasteiger partial charge in [-0.1, -0.05) is 37.3 Å². The van der Waals surface area contributed by atoms with Crippen molar-refractivity contribution in [2.24, 2.45) is 5.92 Å². The summed E-state index contributed by atoms with van der Waals surface area (Å²) in [6.45, 7) is 0.769. The Hall–Kier alpha value is -1.32. The summed E-state index contributed by atoms with van der Waals surface area (Å²) in [5, 5.41) is 7.00. The second kappa shape index (κ2) is 6.42. The van der Waals surface area contributed by atoms with Crippen molar-refractivity contribution in [2.45, 2.75) is 64.2 Å². The lowest BCUT2D eigenvalue weighted by Gasteiger charge is -2.21. The van der Waals surface area contributed by atoms with Crippen molar-refractivity contribution in [1.82, 2.24) is 10.5 Å². The highest BCUT2D eigenvalue weighted by atomic mass is 16.5. The molecule has 4 heteroatoms. The van der Waals surface area contributed by atoms with E-state index in [2.05, 4.69) is 10.5 Å². The molecule has 1 aromatic rings. The number of carbonyl (C=O) groups is 1. The molecule has 1 fully saturated rings. The first kappa shape index (κ1) is 13.7. The van der Waals surface area contributed by atoms with E-state index in [1.807, 2.05) is 0 Å². The molecule has 2 aliphatic rings. The fraction of sp³-hybridized carbons (Fsp3) is 0.750. The van der Waals surface area contributed by atoms with Gasteiger partial charge in [-0.2, -0.15) is 0 Å². The first-order chi connectivity index (χ1) is 9.84. The summed E-state index contributed by atoms with van der Waals surface area (Å²) in [6, 6.07) is 0. The van der Waals surface area contributed by atoms with E-state index in [-0.39, 0.29) is 5.91 Å². The van der Waals surface area contributed by atoms with Crippen LogP contribution in [-0.4, -0.2) is 17.6 Å². The highest BCUT2D eigenvalue weighted by molar-refractivity contribution is 5.93. The Labute approximate surface area is 120 Å². The van der Waals surface area contributed by atoms with Crippen LogP contribution in [0.5, 0.6) is 0 Å². The summed E-state index contributed by atoms with van der Waals surface area (Å²) in [4.78, 5) is 12.2. The predicted molar refractivity (Wildman–Crippen MR) is 76.7 cm³/mol. The number of hydrogen-bond acceptors (Lipinski definition) is 3. The van der Waals surface area contributed by atoms with Gasteiger partial charge in [0.25, 0.3) is 5.91 Å². The van der Waals surface area contributed by atoms with E-state index in [0.717, 1.165) is 55.9 Å². The van der Waals surface area contributed by atoms with Gasteiger partial charge in [0, 0.05) is 18.5 Å². The van der Waals surface area contributed by atoms with Gasteiger partial charge in [0.1, 0.15) is 5.76 Å². The summed E-state index contributed by atoms with van der Waals surface area (Å²) in [5.41, 5.74) is 1.58. The van der Waals surface area contributed by atoms with Gasteiger partial charge in [-0.15, -0.1) is 0 Å². The maximum atomic E-state index is 12.2. The van der Waals surface area contributed by atoms with Crippen LogP contribution in [0.1, 0.15) is 73.2 Å². The van der Waals surface area contributed by atoms with Crippen LogP contribution in [0.25, 0.3) is 0 Å². The molecule has 2 aliphatic carbocycles. The zero-order valence-corrected chi connectivity index (χ0v) is 12.1. The number of aryl methyl sites for hydroxylation is 1. The van der Waals surface area contributed by atoms with Crippen LogP contribution in [0.15, 0.2) is 4.52 Å². The minimum absolute atomic E-state index is 0.0484. The lowest BCUT2D eigenvalue weighted by molar-refractivity contribution is 0.0940. The average molecular weight is 276 g/mol. The van der Waals surface area contributed by atoms with Crippen molar-refractivity contribution >= 4 is 5.91 Å². The van der Waals surface area contributed by atoms with Crippen molar-refractivity contribution in [3.8, 4) is 0 Å². The molecular weight excluding hydrogens is 252 g/mol. The number of rotatable bonds is 4. The smallest absolute Gasteiger partial charge is 0.273 e. The molecule has 4 nitrogen and oxygen atoms in total. The van der Waals surface area contributed by atoms with Crippen LogP contribution < -0.4 is 5.32 Å². The third kappa shape index (κ3) is 3.05. The lowest BCUT2D eigenvalue weighted by atomic mass is 9.87. The number of fused-ring (bicyclic) bond motifs is 1. The molecule has 20 heavy (non-hydrogen) atoms. The third-order valence-corrected chi connectivity index (χ3v) is 4.73. The second-order valence-electron chi connectivity index (χ2n) is 6.19. The van der Waals surface area contributed by atoms with Gasteiger partial charge in [-0.05, 0) is 31.6 Å². The van der Waals surface area contributed by atoms with Crippen molar-refractivity contribution in [1.29, 1.82) is 0 Å². The molecule has 0 spiro atoms. The van der Waals surface area contributed by atoms with Crippen LogP contribution in [0, 0.1) is 5.92 Å². The van der Waals surface area contributed by atoms with E-state index in [1.54, 1.807) is 0 Å². The SMILES string of the molecule is O=C(NCCC1CCCCC1)c1noc2c1CCCC2. The zero-order valence-electron chi connectivity index (χ0n) is 12.1. The van der Waals surface area contributed by atoms with Gasteiger partial charge in [0.15, 0.2) is 5.69 Å². The first-order valence-electron chi connectivity index (χ1n) is 8.10. The zero-order chi connectivity index (χ0) is 13.8. The van der Waals surface area contributed by atoms with Gasteiger partial charge in [0.2, 0.25) is 0 Å². The Morgan fingerprint density at radius 2 is 1.95 bits per heavy atom. The van der Waals surface area contributed by atoms with Gasteiger partial charge in [-0.3, -0.25) is 4.79 Å². The summed E-state index contributed by atoms with van der Waals surface area (Å²) in [7, 11) is 0. The number of carbonyl (C=O) groups excluding carboxylic acids is 1. The van der Waals surface area contributed by atoms with Crippen molar-refractivity contribution < 1.29 is 9.32 Å². The van der Waals surface area contributed by atoms with Crippen molar-refractivity contribution in [2.75, 3.05) is 6.54 Å². The van der Waals surface area contributed by atoms with E-state index in [9.17, 15) is 4.79 Å². The Kier molecular flexibility index (Phi) is 4.38. The van der Waals surface area contributed by atoms with E-state index >= 15 is 0 Å². The minimum atomic E-state index is -0.0484. The minimum Gasteiger partial charge on any atom is -0.360 e. The monoisotopic (exact) mass is 276 g/mol. The van der Waals surface area contributed by atoms with Crippen molar-refractivity contribution in [3.05, 3.63) is 17.0 Å². The van der Waals surface area contributed by atoms with Gasteiger partial charge in [-0.25, -0.2) is 0 Å². The van der Waals surface area contributed by atoms with Gasteiger partial charge >= 0.3 is 0 Å². The topological polar surface area (TPSA) is 55.1 Å². The molecule has 1 amide bonds. The molecule has 3 rings (SSSR count). The number of aromatic nitrogens is 1. The molecule has 0 aromatic carbocycles. The van der Waals surface area contributed by atoms with E-state index in [0.29, 0.717) is 5.69 Å². The van der Waals surface area contributed by atoms with Crippen LogP contribution in [0.4, 0.5) is 0 Å². The normalized spacial score (nSPS) is 19.6. The Morgan fingerprint density at radius 3 is 2.80 bits per heavy atom. The van der Waals surface area contributed by atoms with Crippen LogP contribution in [0.2, 0.25) is 0 Å². The Morgan fingerprint density at radius 1 is 1.15 bits per heavy atom. The molecule has 0 bridgehead atoms. The molecule has 1 heterocycles. The molecule has 1 N–H and O–H groups in total. The average Bonchev–Trinajstić information content (AvgIpc) is 2.92. The highest BCUT2D eigenvalue weighted by Gasteiger charge is 2.23. The molecule has 0 saturated heterocycles. The largest absolute Gasteiger partial charge is 0.360 e. The summed E-state index contributed by atoms with van der Waals surface area (Å²) >= 11 is 0. The maximum absolute atomic E-state index is 12.2. The third-order valence-electron chi connectivity index (χ3n) is 4.73. The van der Waals surface area contributed by atoms with E-state index in [1.165, 1.54) is 32.1 Å². The van der Waals surface area contributed by atoms with Gasteiger partial charge < -0.3 is 9.84 Å². The molecule has 1 saturated carbocycles.